The minimum absolute atomic E-state index is 0.367. The van der Waals surface area contributed by atoms with Crippen LogP contribution in [-0.2, 0) is 6.54 Å². The fourth-order valence-electron chi connectivity index (χ4n) is 2.70. The molecule has 0 bridgehead atoms. The van der Waals surface area contributed by atoms with E-state index < -0.39 is 0 Å². The second-order valence-electron chi connectivity index (χ2n) is 5.22. The van der Waals surface area contributed by atoms with Crippen LogP contribution in [0.5, 0.6) is 0 Å². The lowest BCUT2D eigenvalue weighted by atomic mass is 10.0. The van der Waals surface area contributed by atoms with Gasteiger partial charge in [0.2, 0.25) is 0 Å². The highest BCUT2D eigenvalue weighted by Crippen LogP contribution is 2.25. The maximum absolute atomic E-state index is 3.32. The largest absolute Gasteiger partial charge is 0.343 e. The van der Waals surface area contributed by atoms with E-state index in [2.05, 4.69) is 77.6 Å². The predicted molar refractivity (Wildman–Crippen MR) is 85.0 cm³/mol. The summed E-state index contributed by atoms with van der Waals surface area (Å²) in [6, 6.07) is 19.7. The molecule has 1 heterocycles. The number of nitrogens with one attached hydrogen (secondary N) is 1. The lowest BCUT2D eigenvalue weighted by Crippen LogP contribution is -2.12. The van der Waals surface area contributed by atoms with E-state index in [0.717, 1.165) is 6.54 Å². The third-order valence-electron chi connectivity index (χ3n) is 3.94. The van der Waals surface area contributed by atoms with Crippen LogP contribution < -0.4 is 5.32 Å². The first kappa shape index (κ1) is 12.9. The van der Waals surface area contributed by atoms with Crippen molar-refractivity contribution in [3.8, 4) is 0 Å². The van der Waals surface area contributed by atoms with Crippen LogP contribution in [0.25, 0.3) is 10.9 Å². The van der Waals surface area contributed by atoms with Crippen LogP contribution in [0.15, 0.2) is 60.8 Å². The Morgan fingerprint density at radius 1 is 1.00 bits per heavy atom. The van der Waals surface area contributed by atoms with Crippen molar-refractivity contribution < 1.29 is 0 Å². The Morgan fingerprint density at radius 2 is 1.80 bits per heavy atom. The number of benzene rings is 2. The summed E-state index contributed by atoms with van der Waals surface area (Å²) in [6.45, 7) is 3.12. The number of hydrogen-bond donors (Lipinski definition) is 1. The Balaban J connectivity index is 2.02. The molecular weight excluding hydrogens is 244 g/mol. The van der Waals surface area contributed by atoms with Crippen molar-refractivity contribution in [2.45, 2.75) is 19.5 Å². The van der Waals surface area contributed by atoms with Gasteiger partial charge in [0.25, 0.3) is 0 Å². The molecule has 20 heavy (non-hydrogen) atoms. The van der Waals surface area contributed by atoms with Gasteiger partial charge in [0.1, 0.15) is 0 Å². The highest BCUT2D eigenvalue weighted by molar-refractivity contribution is 5.84. The molecule has 3 rings (SSSR count). The van der Waals surface area contributed by atoms with Crippen LogP contribution in [-0.4, -0.2) is 11.6 Å². The van der Waals surface area contributed by atoms with Crippen molar-refractivity contribution in [1.82, 2.24) is 9.88 Å². The van der Waals surface area contributed by atoms with E-state index in [4.69, 9.17) is 0 Å². The molecule has 0 spiro atoms. The minimum atomic E-state index is 0.367. The first-order chi connectivity index (χ1) is 9.79. The van der Waals surface area contributed by atoms with E-state index >= 15 is 0 Å². The molecule has 0 aliphatic heterocycles. The average Bonchev–Trinajstić information content (AvgIpc) is 2.91. The number of nitrogens with zero attached hydrogens (tertiary/aromatic N) is 1. The van der Waals surface area contributed by atoms with Gasteiger partial charge in [-0.3, -0.25) is 0 Å². The zero-order chi connectivity index (χ0) is 13.9. The van der Waals surface area contributed by atoms with Gasteiger partial charge in [0.15, 0.2) is 0 Å². The van der Waals surface area contributed by atoms with E-state index in [1.807, 2.05) is 7.05 Å². The van der Waals surface area contributed by atoms with E-state index in [0.29, 0.717) is 6.04 Å². The highest BCUT2D eigenvalue weighted by atomic mass is 15.0. The minimum Gasteiger partial charge on any atom is -0.343 e. The van der Waals surface area contributed by atoms with Crippen LogP contribution in [0.1, 0.15) is 24.1 Å². The van der Waals surface area contributed by atoms with Crippen molar-refractivity contribution in [3.05, 3.63) is 71.9 Å². The summed E-state index contributed by atoms with van der Waals surface area (Å²) >= 11 is 0. The molecular formula is C18H20N2. The van der Waals surface area contributed by atoms with Crippen molar-refractivity contribution >= 4 is 10.9 Å². The molecule has 0 aliphatic rings. The molecule has 0 amide bonds. The van der Waals surface area contributed by atoms with Gasteiger partial charge in [-0.05, 0) is 37.2 Å². The van der Waals surface area contributed by atoms with Crippen LogP contribution in [0.3, 0.4) is 0 Å². The smallest absolute Gasteiger partial charge is 0.0486 e. The molecule has 0 radical (unpaired) electrons. The second-order valence-corrected chi connectivity index (χ2v) is 5.22. The van der Waals surface area contributed by atoms with Crippen LogP contribution in [0, 0.1) is 0 Å². The van der Waals surface area contributed by atoms with E-state index in [-0.39, 0.29) is 0 Å². The fourth-order valence-corrected chi connectivity index (χ4v) is 2.70. The van der Waals surface area contributed by atoms with Crippen molar-refractivity contribution in [1.29, 1.82) is 0 Å². The molecule has 0 aliphatic carbocycles. The quantitative estimate of drug-likeness (QED) is 0.754. The maximum atomic E-state index is 3.32. The molecule has 3 aromatic rings. The third-order valence-corrected chi connectivity index (χ3v) is 3.94. The van der Waals surface area contributed by atoms with Crippen molar-refractivity contribution in [3.63, 3.8) is 0 Å². The summed E-state index contributed by atoms with van der Waals surface area (Å²) < 4.78 is 2.32. The highest BCUT2D eigenvalue weighted by Gasteiger charge is 2.09. The molecule has 0 saturated carbocycles. The van der Waals surface area contributed by atoms with Crippen molar-refractivity contribution in [2.24, 2.45) is 0 Å². The Kier molecular flexibility index (Phi) is 3.57. The second kappa shape index (κ2) is 5.51. The number of aromatic nitrogens is 1. The van der Waals surface area contributed by atoms with Gasteiger partial charge in [-0.2, -0.15) is 0 Å². The zero-order valence-corrected chi connectivity index (χ0v) is 12.0. The molecule has 102 valence electrons. The lowest BCUT2D eigenvalue weighted by molar-refractivity contribution is 0.657. The summed E-state index contributed by atoms with van der Waals surface area (Å²) in [5, 5.41) is 4.66. The number of hydrogen-bond acceptors (Lipinski definition) is 1. The Hall–Kier alpha value is -2.06. The Morgan fingerprint density at radius 3 is 2.55 bits per heavy atom. The Bertz CT molecular complexity index is 698. The van der Waals surface area contributed by atoms with Crippen molar-refractivity contribution in [2.75, 3.05) is 7.05 Å². The summed E-state index contributed by atoms with van der Waals surface area (Å²) in [5.41, 5.74) is 3.99. The standard InChI is InChI=1S/C18H20N2/c1-14(19-2)16-9-6-10-18-17(16)11-12-20(18)13-15-7-4-3-5-8-15/h3-12,14,19H,13H2,1-2H3. The molecule has 2 aromatic carbocycles. The van der Waals surface area contributed by atoms with Gasteiger partial charge in [-0.15, -0.1) is 0 Å². The summed E-state index contributed by atoms with van der Waals surface area (Å²) in [7, 11) is 2.00. The third kappa shape index (κ3) is 2.35. The summed E-state index contributed by atoms with van der Waals surface area (Å²) in [4.78, 5) is 0. The van der Waals surface area contributed by atoms with Gasteiger partial charge in [-0.1, -0.05) is 42.5 Å². The number of rotatable bonds is 4. The van der Waals surface area contributed by atoms with E-state index in [1.165, 1.54) is 22.0 Å². The lowest BCUT2D eigenvalue weighted by Gasteiger charge is -2.13. The molecule has 0 fully saturated rings. The molecule has 1 atom stereocenters. The summed E-state index contributed by atoms with van der Waals surface area (Å²) in [6.07, 6.45) is 2.18. The first-order valence-electron chi connectivity index (χ1n) is 7.08. The number of fused-ring (bicyclic) bond motifs is 1. The van der Waals surface area contributed by atoms with Crippen LogP contribution in [0.4, 0.5) is 0 Å². The van der Waals surface area contributed by atoms with Gasteiger partial charge < -0.3 is 9.88 Å². The molecule has 2 heteroatoms. The molecule has 1 aromatic heterocycles. The van der Waals surface area contributed by atoms with Crippen LogP contribution in [0.2, 0.25) is 0 Å². The maximum Gasteiger partial charge on any atom is 0.0486 e. The monoisotopic (exact) mass is 264 g/mol. The van der Waals surface area contributed by atoms with Gasteiger partial charge in [0, 0.05) is 29.7 Å². The van der Waals surface area contributed by atoms with Gasteiger partial charge >= 0.3 is 0 Å². The topological polar surface area (TPSA) is 17.0 Å². The average molecular weight is 264 g/mol. The van der Waals surface area contributed by atoms with Crippen LogP contribution >= 0.6 is 0 Å². The first-order valence-corrected chi connectivity index (χ1v) is 7.08. The van der Waals surface area contributed by atoms with E-state index in [9.17, 15) is 0 Å². The molecule has 2 nitrogen and oxygen atoms in total. The van der Waals surface area contributed by atoms with E-state index in [1.54, 1.807) is 0 Å². The Labute approximate surface area is 120 Å². The fraction of sp³-hybridized carbons (Fsp3) is 0.222. The molecule has 1 N–H and O–H groups in total. The SMILES string of the molecule is CNC(C)c1cccc2c1ccn2Cc1ccccc1. The molecule has 1 unspecified atom stereocenters. The normalized spacial score (nSPS) is 12.7. The summed E-state index contributed by atoms with van der Waals surface area (Å²) in [5.74, 6) is 0. The van der Waals surface area contributed by atoms with Gasteiger partial charge in [0.05, 0.1) is 0 Å². The molecule has 0 saturated heterocycles. The predicted octanol–water partition coefficient (Wildman–Crippen LogP) is 3.97. The van der Waals surface area contributed by atoms with Gasteiger partial charge in [-0.25, -0.2) is 0 Å². The zero-order valence-electron chi connectivity index (χ0n) is 12.0.